The Balaban J connectivity index is 1.71. The van der Waals surface area contributed by atoms with E-state index in [1.54, 1.807) is 17.8 Å². The number of halogens is 1. The average molecular weight is 372 g/mol. The third-order valence-electron chi connectivity index (χ3n) is 4.55. The lowest BCUT2D eigenvalue weighted by molar-refractivity contribution is -0.126. The number of amides is 1. The van der Waals surface area contributed by atoms with Gasteiger partial charge in [-0.15, -0.1) is 11.8 Å². The summed E-state index contributed by atoms with van der Waals surface area (Å²) in [6, 6.07) is 4.45. The molecule has 0 radical (unpaired) electrons. The predicted octanol–water partition coefficient (Wildman–Crippen LogP) is 2.15. The van der Waals surface area contributed by atoms with Crippen molar-refractivity contribution in [3.63, 3.8) is 0 Å². The van der Waals surface area contributed by atoms with Gasteiger partial charge in [-0.05, 0) is 43.0 Å². The molecular weight excluding hydrogens is 351 g/mol. The Morgan fingerprint density at radius 3 is 2.92 bits per heavy atom. The fourth-order valence-corrected chi connectivity index (χ4v) is 5.28. The van der Waals surface area contributed by atoms with E-state index in [0.29, 0.717) is 19.4 Å². The summed E-state index contributed by atoms with van der Waals surface area (Å²) in [7, 11) is -3.28. The minimum absolute atomic E-state index is 0.143. The summed E-state index contributed by atoms with van der Waals surface area (Å²) in [5.41, 5.74) is 0.815. The van der Waals surface area contributed by atoms with Gasteiger partial charge >= 0.3 is 0 Å². The molecule has 2 aliphatic heterocycles. The summed E-state index contributed by atoms with van der Waals surface area (Å²) in [5, 5.41) is 3.00. The number of nitrogens with zero attached hydrogens (tertiary/aromatic N) is 1. The third kappa shape index (κ3) is 3.92. The lowest BCUT2D eigenvalue weighted by Crippen LogP contribution is -2.46. The van der Waals surface area contributed by atoms with E-state index < -0.39 is 10.0 Å². The minimum atomic E-state index is -3.28. The van der Waals surface area contributed by atoms with Crippen molar-refractivity contribution in [2.75, 3.05) is 25.1 Å². The van der Waals surface area contributed by atoms with Gasteiger partial charge in [0.1, 0.15) is 5.82 Å². The van der Waals surface area contributed by atoms with Crippen LogP contribution in [-0.4, -0.2) is 43.7 Å². The number of benzene rings is 1. The van der Waals surface area contributed by atoms with Crippen LogP contribution in [0.1, 0.15) is 30.9 Å². The first kappa shape index (κ1) is 17.7. The average Bonchev–Trinajstić information content (AvgIpc) is 2.55. The molecule has 0 bridgehead atoms. The Morgan fingerprint density at radius 1 is 1.38 bits per heavy atom. The molecule has 1 aromatic carbocycles. The molecule has 2 unspecified atom stereocenters. The van der Waals surface area contributed by atoms with E-state index in [4.69, 9.17) is 0 Å². The zero-order valence-corrected chi connectivity index (χ0v) is 15.1. The molecule has 1 fully saturated rings. The van der Waals surface area contributed by atoms with Gasteiger partial charge in [0, 0.05) is 23.7 Å². The van der Waals surface area contributed by atoms with Crippen molar-refractivity contribution in [3.8, 4) is 0 Å². The minimum Gasteiger partial charge on any atom is -0.349 e. The number of hydrogen-bond acceptors (Lipinski definition) is 4. The molecule has 1 amide bonds. The molecule has 0 aromatic heterocycles. The monoisotopic (exact) mass is 372 g/mol. The van der Waals surface area contributed by atoms with Gasteiger partial charge in [-0.1, -0.05) is 0 Å². The molecule has 0 aliphatic carbocycles. The predicted molar refractivity (Wildman–Crippen MR) is 91.8 cm³/mol. The maximum Gasteiger partial charge on any atom is 0.224 e. The van der Waals surface area contributed by atoms with Gasteiger partial charge in [-0.2, -0.15) is 0 Å². The van der Waals surface area contributed by atoms with Gasteiger partial charge in [0.15, 0.2) is 0 Å². The van der Waals surface area contributed by atoms with Crippen LogP contribution in [-0.2, 0) is 14.8 Å². The fourth-order valence-electron chi connectivity index (χ4n) is 3.26. The van der Waals surface area contributed by atoms with Crippen LogP contribution in [0.25, 0.3) is 0 Å². The van der Waals surface area contributed by atoms with Gasteiger partial charge in [0.2, 0.25) is 15.9 Å². The number of nitrogens with one attached hydrogen (secondary N) is 1. The molecule has 1 saturated heterocycles. The molecule has 0 spiro atoms. The lowest BCUT2D eigenvalue weighted by Gasteiger charge is -2.32. The lowest BCUT2D eigenvalue weighted by atomic mass is 9.97. The number of carbonyl (C=O) groups is 1. The molecule has 0 saturated carbocycles. The highest BCUT2D eigenvalue weighted by molar-refractivity contribution is 7.99. The number of carbonyl (C=O) groups excluding carboxylic acids is 1. The summed E-state index contributed by atoms with van der Waals surface area (Å²) in [6.45, 7) is 0.693. The maximum absolute atomic E-state index is 13.5. The smallest absolute Gasteiger partial charge is 0.224 e. The van der Waals surface area contributed by atoms with Crippen LogP contribution in [0.15, 0.2) is 23.1 Å². The number of sulfonamides is 1. The first-order valence-corrected chi connectivity index (χ1v) is 10.9. The molecule has 5 nitrogen and oxygen atoms in total. The van der Waals surface area contributed by atoms with E-state index >= 15 is 0 Å². The molecule has 8 heteroatoms. The molecular formula is C16H21FN2O3S2. The molecule has 3 rings (SSSR count). The van der Waals surface area contributed by atoms with E-state index in [0.717, 1.165) is 22.6 Å². The Morgan fingerprint density at radius 2 is 2.17 bits per heavy atom. The Hall–Kier alpha value is -1.12. The number of hydrogen-bond donors (Lipinski definition) is 1. The van der Waals surface area contributed by atoms with Crippen molar-refractivity contribution in [1.29, 1.82) is 0 Å². The van der Waals surface area contributed by atoms with Crippen LogP contribution in [0.3, 0.4) is 0 Å². The highest BCUT2D eigenvalue weighted by atomic mass is 32.2. The topological polar surface area (TPSA) is 66.5 Å². The molecule has 2 aliphatic rings. The van der Waals surface area contributed by atoms with Crippen molar-refractivity contribution < 1.29 is 17.6 Å². The second kappa shape index (κ2) is 7.01. The first-order chi connectivity index (χ1) is 11.3. The number of thioether (sulfide) groups is 1. The van der Waals surface area contributed by atoms with Crippen molar-refractivity contribution in [2.45, 2.75) is 30.2 Å². The third-order valence-corrected chi connectivity index (χ3v) is 6.94. The molecule has 1 aromatic rings. The Labute approximate surface area is 146 Å². The standard InChI is InChI=1S/C16H21FN2O3S2/c1-24(21,22)19-7-2-3-11(10-19)16(20)18-14-6-8-23-15-5-4-12(17)9-13(14)15/h4-5,9,11,14H,2-3,6-8,10H2,1H3,(H,18,20). The summed E-state index contributed by atoms with van der Waals surface area (Å²) in [5.74, 6) is 0.0657. The summed E-state index contributed by atoms with van der Waals surface area (Å²) in [4.78, 5) is 13.6. The Bertz CT molecular complexity index is 739. The van der Waals surface area contributed by atoms with E-state index in [9.17, 15) is 17.6 Å². The van der Waals surface area contributed by atoms with Crippen LogP contribution in [0.5, 0.6) is 0 Å². The largest absolute Gasteiger partial charge is 0.349 e. The van der Waals surface area contributed by atoms with Gasteiger partial charge in [0.25, 0.3) is 0 Å². The zero-order chi connectivity index (χ0) is 17.3. The highest BCUT2D eigenvalue weighted by Crippen LogP contribution is 2.36. The second-order valence-corrected chi connectivity index (χ2v) is 9.46. The van der Waals surface area contributed by atoms with Crippen molar-refractivity contribution in [2.24, 2.45) is 5.92 Å². The normalized spacial score (nSPS) is 25.1. The van der Waals surface area contributed by atoms with E-state index in [2.05, 4.69) is 5.32 Å². The van der Waals surface area contributed by atoms with E-state index in [-0.39, 0.29) is 30.2 Å². The molecule has 132 valence electrons. The quantitative estimate of drug-likeness (QED) is 0.883. The van der Waals surface area contributed by atoms with E-state index in [1.165, 1.54) is 22.7 Å². The number of fused-ring (bicyclic) bond motifs is 1. The summed E-state index contributed by atoms with van der Waals surface area (Å²) >= 11 is 1.66. The summed E-state index contributed by atoms with van der Waals surface area (Å²) < 4.78 is 38.3. The van der Waals surface area contributed by atoms with Crippen LogP contribution >= 0.6 is 11.8 Å². The van der Waals surface area contributed by atoms with Gasteiger partial charge in [0.05, 0.1) is 18.2 Å². The fraction of sp³-hybridized carbons (Fsp3) is 0.562. The molecule has 2 heterocycles. The van der Waals surface area contributed by atoms with Crippen LogP contribution in [0.2, 0.25) is 0 Å². The molecule has 2 atom stereocenters. The highest BCUT2D eigenvalue weighted by Gasteiger charge is 2.32. The number of piperidine rings is 1. The maximum atomic E-state index is 13.5. The van der Waals surface area contributed by atoms with E-state index in [1.807, 2.05) is 0 Å². The zero-order valence-electron chi connectivity index (χ0n) is 13.5. The molecule has 1 N–H and O–H groups in total. The van der Waals surface area contributed by atoms with Crippen molar-refractivity contribution >= 4 is 27.7 Å². The van der Waals surface area contributed by atoms with Gasteiger partial charge < -0.3 is 5.32 Å². The Kier molecular flexibility index (Phi) is 5.17. The summed E-state index contributed by atoms with van der Waals surface area (Å²) in [6.07, 6.45) is 3.27. The van der Waals surface area contributed by atoms with Crippen molar-refractivity contribution in [3.05, 3.63) is 29.6 Å². The first-order valence-electron chi connectivity index (χ1n) is 8.02. The SMILES string of the molecule is CS(=O)(=O)N1CCCC(C(=O)NC2CCSc3ccc(F)cc32)C1. The van der Waals surface area contributed by atoms with Crippen molar-refractivity contribution in [1.82, 2.24) is 9.62 Å². The van der Waals surface area contributed by atoms with Crippen LogP contribution in [0.4, 0.5) is 4.39 Å². The molecule has 24 heavy (non-hydrogen) atoms. The van der Waals surface area contributed by atoms with Crippen LogP contribution in [0, 0.1) is 11.7 Å². The van der Waals surface area contributed by atoms with Crippen LogP contribution < -0.4 is 5.32 Å². The van der Waals surface area contributed by atoms with Gasteiger partial charge in [-0.25, -0.2) is 17.1 Å². The second-order valence-electron chi connectivity index (χ2n) is 6.34. The number of rotatable bonds is 3. The van der Waals surface area contributed by atoms with Gasteiger partial charge in [-0.3, -0.25) is 4.79 Å².